The third-order valence-electron chi connectivity index (χ3n) is 2.31. The van der Waals surface area contributed by atoms with Crippen LogP contribution in [0.15, 0.2) is 47.0 Å². The minimum Gasteiger partial charge on any atom is -0.399 e. The van der Waals surface area contributed by atoms with E-state index in [2.05, 4.69) is 50.9 Å². The molecule has 0 saturated heterocycles. The molecule has 0 saturated carbocycles. The van der Waals surface area contributed by atoms with E-state index in [4.69, 9.17) is 5.73 Å². The van der Waals surface area contributed by atoms with Gasteiger partial charge in [-0.1, -0.05) is 25.8 Å². The molecule has 0 bridgehead atoms. The zero-order valence-corrected chi connectivity index (χ0v) is 14.1. The monoisotopic (exact) mass is 300 g/mol. The summed E-state index contributed by atoms with van der Waals surface area (Å²) in [6, 6.07) is 11.7. The van der Waals surface area contributed by atoms with Crippen LogP contribution in [0.3, 0.4) is 0 Å². The molecule has 112 valence electrons. The molecule has 3 heteroatoms. The number of hydrogen-bond donors (Lipinski definition) is 1. The third-order valence-corrected chi connectivity index (χ3v) is 3.28. The van der Waals surface area contributed by atoms with Gasteiger partial charge in [0.15, 0.2) is 0 Å². The third kappa shape index (κ3) is 6.91. The van der Waals surface area contributed by atoms with Crippen molar-refractivity contribution in [2.75, 3.05) is 5.73 Å². The molecular weight excluding hydrogens is 276 g/mol. The van der Waals surface area contributed by atoms with Gasteiger partial charge in [-0.2, -0.15) is 0 Å². The zero-order chi connectivity index (χ0) is 15.7. The second kappa shape index (κ2) is 9.14. The van der Waals surface area contributed by atoms with E-state index in [0.29, 0.717) is 0 Å². The lowest BCUT2D eigenvalue weighted by Gasteiger charge is -1.93. The number of benzene rings is 1. The van der Waals surface area contributed by atoms with Crippen molar-refractivity contribution in [1.82, 2.24) is 0 Å². The lowest BCUT2D eigenvalue weighted by atomic mass is 10.3. The van der Waals surface area contributed by atoms with Crippen molar-refractivity contribution in [2.24, 2.45) is 4.99 Å². The summed E-state index contributed by atoms with van der Waals surface area (Å²) in [4.78, 5) is 6.83. The number of rotatable bonds is 3. The first-order chi connectivity index (χ1) is 10.0. The highest BCUT2D eigenvalue weighted by Crippen LogP contribution is 2.19. The zero-order valence-electron chi connectivity index (χ0n) is 13.3. The van der Waals surface area contributed by atoms with E-state index < -0.39 is 0 Å². The number of nitrogens with zero attached hydrogens (tertiary/aromatic N) is 1. The Balaban J connectivity index is 0.000000677. The predicted octanol–water partition coefficient (Wildman–Crippen LogP) is 5.92. The molecular formula is C18H24N2S. The first-order valence-corrected chi connectivity index (χ1v) is 8.01. The average Bonchev–Trinajstić information content (AvgIpc) is 2.86. The summed E-state index contributed by atoms with van der Waals surface area (Å²) in [5.74, 6) is 0. The van der Waals surface area contributed by atoms with Gasteiger partial charge in [-0.05, 0) is 56.3 Å². The minimum absolute atomic E-state index is 0.760. The van der Waals surface area contributed by atoms with E-state index in [9.17, 15) is 0 Å². The maximum atomic E-state index is 5.63. The second-order valence-corrected chi connectivity index (χ2v) is 6.17. The number of hydrogen-bond acceptors (Lipinski definition) is 3. The van der Waals surface area contributed by atoms with E-state index >= 15 is 0 Å². The van der Waals surface area contributed by atoms with Gasteiger partial charge in [0.1, 0.15) is 0 Å². The van der Waals surface area contributed by atoms with E-state index in [1.54, 1.807) is 11.3 Å². The average molecular weight is 300 g/mol. The van der Waals surface area contributed by atoms with Crippen LogP contribution in [0.4, 0.5) is 11.4 Å². The van der Waals surface area contributed by atoms with Crippen LogP contribution in [0.5, 0.6) is 0 Å². The molecule has 0 aliphatic heterocycles. The first-order valence-electron chi connectivity index (χ1n) is 7.19. The molecule has 1 aromatic heterocycles. The summed E-state index contributed by atoms with van der Waals surface area (Å²) < 4.78 is 0. The Morgan fingerprint density at radius 3 is 2.19 bits per heavy atom. The highest BCUT2D eigenvalue weighted by atomic mass is 32.1. The Hall–Kier alpha value is -1.87. The molecule has 21 heavy (non-hydrogen) atoms. The Labute approximate surface area is 132 Å². The standard InChI is InChI=1S/C15H16N2S.C3H8/c1-11(2)9-14-7-8-15(18-14)10-17-13-5-3-12(16)4-6-13;1-3-2/h3-10H,16H2,1-2H3;3H2,1-2H3. The largest absolute Gasteiger partial charge is 0.399 e. The fraction of sp³-hybridized carbons (Fsp3) is 0.278. The fourth-order valence-corrected chi connectivity index (χ4v) is 2.44. The maximum Gasteiger partial charge on any atom is 0.0631 e. The highest BCUT2D eigenvalue weighted by Gasteiger charge is 1.95. The van der Waals surface area contributed by atoms with Gasteiger partial charge in [0.05, 0.1) is 5.69 Å². The summed E-state index contributed by atoms with van der Waals surface area (Å²) in [5.41, 5.74) is 8.61. The Bertz CT molecular complexity index is 588. The van der Waals surface area contributed by atoms with Crippen molar-refractivity contribution in [3.8, 4) is 0 Å². The topological polar surface area (TPSA) is 38.4 Å². The van der Waals surface area contributed by atoms with Gasteiger partial charge in [-0.15, -0.1) is 11.3 Å². The summed E-state index contributed by atoms with van der Waals surface area (Å²) >= 11 is 1.73. The molecule has 0 amide bonds. The molecule has 2 aromatic rings. The molecule has 0 fully saturated rings. The van der Waals surface area contributed by atoms with Crippen LogP contribution in [-0.4, -0.2) is 6.21 Å². The van der Waals surface area contributed by atoms with Crippen LogP contribution in [0, 0.1) is 0 Å². The van der Waals surface area contributed by atoms with Gasteiger partial charge in [0.25, 0.3) is 0 Å². The van der Waals surface area contributed by atoms with E-state index in [0.717, 1.165) is 16.3 Å². The minimum atomic E-state index is 0.760. The number of allylic oxidation sites excluding steroid dienone is 1. The number of nitrogens with two attached hydrogens (primary N) is 1. The van der Waals surface area contributed by atoms with Crippen molar-refractivity contribution >= 4 is 35.0 Å². The van der Waals surface area contributed by atoms with Crippen molar-refractivity contribution in [1.29, 1.82) is 0 Å². The Kier molecular flexibility index (Phi) is 7.48. The number of nitrogen functional groups attached to an aromatic ring is 1. The van der Waals surface area contributed by atoms with Gasteiger partial charge in [0.2, 0.25) is 0 Å². The van der Waals surface area contributed by atoms with E-state index in [1.807, 2.05) is 30.5 Å². The van der Waals surface area contributed by atoms with Crippen molar-refractivity contribution in [2.45, 2.75) is 34.1 Å². The molecule has 2 N–H and O–H groups in total. The summed E-state index contributed by atoms with van der Waals surface area (Å²) in [5, 5.41) is 0. The molecule has 1 aromatic carbocycles. The molecule has 0 aliphatic rings. The molecule has 0 aliphatic carbocycles. The summed E-state index contributed by atoms with van der Waals surface area (Å²) in [7, 11) is 0. The molecule has 0 atom stereocenters. The molecule has 0 radical (unpaired) electrons. The summed E-state index contributed by atoms with van der Waals surface area (Å²) in [6.45, 7) is 8.45. The van der Waals surface area contributed by atoms with Crippen molar-refractivity contribution in [3.05, 3.63) is 51.7 Å². The van der Waals surface area contributed by atoms with E-state index in [-0.39, 0.29) is 0 Å². The number of anilines is 1. The molecule has 0 spiro atoms. The molecule has 0 unspecified atom stereocenters. The second-order valence-electron chi connectivity index (χ2n) is 5.02. The van der Waals surface area contributed by atoms with Crippen LogP contribution in [0.1, 0.15) is 43.9 Å². The van der Waals surface area contributed by atoms with Crippen molar-refractivity contribution in [3.63, 3.8) is 0 Å². The van der Waals surface area contributed by atoms with Crippen LogP contribution < -0.4 is 5.73 Å². The van der Waals surface area contributed by atoms with Gasteiger partial charge in [-0.3, -0.25) is 4.99 Å². The Morgan fingerprint density at radius 1 is 1.05 bits per heavy atom. The van der Waals surface area contributed by atoms with Crippen molar-refractivity contribution < 1.29 is 0 Å². The molecule has 2 rings (SSSR count). The van der Waals surface area contributed by atoms with Gasteiger partial charge in [-0.25, -0.2) is 0 Å². The maximum absolute atomic E-state index is 5.63. The molecule has 1 heterocycles. The van der Waals surface area contributed by atoms with Crippen LogP contribution in [0.2, 0.25) is 0 Å². The number of aliphatic imine (C=N–C) groups is 1. The smallest absolute Gasteiger partial charge is 0.0631 e. The number of thiophene rings is 1. The van der Waals surface area contributed by atoms with Crippen LogP contribution >= 0.6 is 11.3 Å². The molecule has 2 nitrogen and oxygen atoms in total. The predicted molar refractivity (Wildman–Crippen MR) is 97.7 cm³/mol. The SMILES string of the molecule is CC(C)=Cc1ccc(C=Nc2ccc(N)cc2)s1.CCC. The fourth-order valence-electron chi connectivity index (χ4n) is 1.50. The van der Waals surface area contributed by atoms with E-state index in [1.165, 1.54) is 16.9 Å². The van der Waals surface area contributed by atoms with Gasteiger partial charge in [0, 0.05) is 21.7 Å². The highest BCUT2D eigenvalue weighted by molar-refractivity contribution is 7.14. The van der Waals surface area contributed by atoms with Crippen LogP contribution in [-0.2, 0) is 0 Å². The quantitative estimate of drug-likeness (QED) is 0.554. The van der Waals surface area contributed by atoms with Crippen LogP contribution in [0.25, 0.3) is 6.08 Å². The lowest BCUT2D eigenvalue weighted by molar-refractivity contribution is 1.09. The normalized spacial score (nSPS) is 10.1. The first kappa shape index (κ1) is 17.2. The summed E-state index contributed by atoms with van der Waals surface area (Å²) in [6.07, 6.45) is 5.31. The lowest BCUT2D eigenvalue weighted by Crippen LogP contribution is -1.81. The Morgan fingerprint density at radius 2 is 1.62 bits per heavy atom. The van der Waals surface area contributed by atoms with Gasteiger partial charge >= 0.3 is 0 Å². The van der Waals surface area contributed by atoms with Gasteiger partial charge < -0.3 is 5.73 Å².